The predicted octanol–water partition coefficient (Wildman–Crippen LogP) is 3.58. The van der Waals surface area contributed by atoms with E-state index in [0.717, 1.165) is 18.8 Å². The predicted molar refractivity (Wildman–Crippen MR) is 127 cm³/mol. The first-order chi connectivity index (χ1) is 13.7. The van der Waals surface area contributed by atoms with Gasteiger partial charge in [0, 0.05) is 18.5 Å². The molecule has 1 aromatic heterocycles. The maximum absolute atomic E-state index is 12.1. The van der Waals surface area contributed by atoms with Gasteiger partial charge in [-0.25, -0.2) is 4.99 Å². The second-order valence-electron chi connectivity index (χ2n) is 7.26. The van der Waals surface area contributed by atoms with Gasteiger partial charge in [-0.2, -0.15) is 0 Å². The highest BCUT2D eigenvalue weighted by Crippen LogP contribution is 2.40. The molecule has 3 N–H and O–H groups in total. The third-order valence-electron chi connectivity index (χ3n) is 5.31. The first-order valence-electron chi connectivity index (χ1n) is 10.1. The molecule has 0 atom stereocenters. The molecule has 29 heavy (non-hydrogen) atoms. The molecule has 1 saturated carbocycles. The van der Waals surface area contributed by atoms with Crippen LogP contribution in [-0.4, -0.2) is 31.5 Å². The number of furan rings is 1. The molecule has 2 aromatic rings. The van der Waals surface area contributed by atoms with Crippen LogP contribution in [0.3, 0.4) is 0 Å². The first-order valence-corrected chi connectivity index (χ1v) is 10.1. The average Bonchev–Trinajstić information content (AvgIpc) is 3.42. The third kappa shape index (κ3) is 6.76. The van der Waals surface area contributed by atoms with Gasteiger partial charge in [0.2, 0.25) is 5.91 Å². The number of hydrogen-bond acceptors (Lipinski definition) is 3. The molecule has 1 aromatic carbocycles. The molecule has 158 valence electrons. The van der Waals surface area contributed by atoms with Gasteiger partial charge in [-0.15, -0.1) is 24.0 Å². The molecule has 3 rings (SSSR count). The van der Waals surface area contributed by atoms with Crippen LogP contribution >= 0.6 is 24.0 Å². The molecule has 0 bridgehead atoms. The maximum atomic E-state index is 12.1. The Labute approximate surface area is 190 Å². The SMILES string of the molecule is CCNC(=NCC(=O)NCc1ccco1)NCC1(c2ccccc2)CCCC1.I. The number of carbonyl (C=O) groups excluding carboxylic acids is 1. The molecule has 1 aliphatic carbocycles. The van der Waals surface area contributed by atoms with Gasteiger partial charge in [0.15, 0.2) is 5.96 Å². The third-order valence-corrected chi connectivity index (χ3v) is 5.31. The van der Waals surface area contributed by atoms with E-state index in [-0.39, 0.29) is 41.8 Å². The Morgan fingerprint density at radius 1 is 1.07 bits per heavy atom. The molecule has 0 aliphatic heterocycles. The van der Waals surface area contributed by atoms with Gasteiger partial charge in [-0.1, -0.05) is 43.2 Å². The lowest BCUT2D eigenvalue weighted by molar-refractivity contribution is -0.119. The number of carbonyl (C=O) groups is 1. The molecule has 7 heteroatoms. The Bertz CT molecular complexity index is 756. The molecule has 6 nitrogen and oxygen atoms in total. The van der Waals surface area contributed by atoms with Gasteiger partial charge in [0.05, 0.1) is 12.8 Å². The van der Waals surface area contributed by atoms with Crippen LogP contribution in [0.2, 0.25) is 0 Å². The Balaban J connectivity index is 0.00000300. The number of rotatable bonds is 8. The zero-order chi connectivity index (χ0) is 19.7. The van der Waals surface area contributed by atoms with E-state index in [1.54, 1.807) is 12.3 Å². The zero-order valence-corrected chi connectivity index (χ0v) is 19.3. The summed E-state index contributed by atoms with van der Waals surface area (Å²) in [5.74, 6) is 1.28. The van der Waals surface area contributed by atoms with Gasteiger partial charge in [-0.3, -0.25) is 4.79 Å². The summed E-state index contributed by atoms with van der Waals surface area (Å²) in [5.41, 5.74) is 1.52. The fraction of sp³-hybridized carbons (Fsp3) is 0.455. The van der Waals surface area contributed by atoms with E-state index < -0.39 is 0 Å². The Kier molecular flexibility index (Phi) is 9.50. The highest BCUT2D eigenvalue weighted by Gasteiger charge is 2.35. The standard InChI is InChI=1S/C22H30N4O2.HI/c1-2-23-21(25-16-20(27)24-15-19-11-8-14-28-19)26-17-22(12-6-7-13-22)18-9-4-3-5-10-18;/h3-5,8-11,14H,2,6-7,12-13,15-17H2,1H3,(H,24,27)(H2,23,25,26);1H. The molecule has 1 aliphatic rings. The van der Waals surface area contributed by atoms with Crippen molar-refractivity contribution in [2.24, 2.45) is 4.99 Å². The number of halogens is 1. The van der Waals surface area contributed by atoms with Crippen LogP contribution in [0.4, 0.5) is 0 Å². The number of amides is 1. The van der Waals surface area contributed by atoms with Crippen molar-refractivity contribution < 1.29 is 9.21 Å². The number of benzene rings is 1. The molecule has 1 fully saturated rings. The normalized spacial score (nSPS) is 15.4. The smallest absolute Gasteiger partial charge is 0.242 e. The summed E-state index contributed by atoms with van der Waals surface area (Å²) in [6.45, 7) is 4.04. The van der Waals surface area contributed by atoms with Crippen LogP contribution in [0.1, 0.15) is 43.9 Å². The monoisotopic (exact) mass is 510 g/mol. The summed E-state index contributed by atoms with van der Waals surface area (Å²) in [6, 6.07) is 14.4. The van der Waals surface area contributed by atoms with E-state index in [1.165, 1.54) is 31.2 Å². The van der Waals surface area contributed by atoms with Crippen LogP contribution in [0.5, 0.6) is 0 Å². The lowest BCUT2D eigenvalue weighted by atomic mass is 9.79. The minimum Gasteiger partial charge on any atom is -0.467 e. The van der Waals surface area contributed by atoms with Gasteiger partial charge in [-0.05, 0) is 37.5 Å². The largest absolute Gasteiger partial charge is 0.467 e. The van der Waals surface area contributed by atoms with Gasteiger partial charge < -0.3 is 20.4 Å². The van der Waals surface area contributed by atoms with Gasteiger partial charge >= 0.3 is 0 Å². The molecule has 1 heterocycles. The van der Waals surface area contributed by atoms with Crippen molar-refractivity contribution in [3.05, 3.63) is 60.1 Å². The average molecular weight is 510 g/mol. The second-order valence-corrected chi connectivity index (χ2v) is 7.26. The lowest BCUT2D eigenvalue weighted by Gasteiger charge is -2.30. The van der Waals surface area contributed by atoms with Crippen molar-refractivity contribution in [2.75, 3.05) is 19.6 Å². The fourth-order valence-electron chi connectivity index (χ4n) is 3.81. The number of guanidine groups is 1. The first kappa shape index (κ1) is 23.3. The summed E-state index contributed by atoms with van der Waals surface area (Å²) in [7, 11) is 0. The van der Waals surface area contributed by atoms with Crippen LogP contribution in [-0.2, 0) is 16.8 Å². The van der Waals surface area contributed by atoms with Crippen molar-refractivity contribution in [3.8, 4) is 0 Å². The quantitative estimate of drug-likeness (QED) is 0.288. The highest BCUT2D eigenvalue weighted by atomic mass is 127. The molecule has 0 unspecified atom stereocenters. The topological polar surface area (TPSA) is 78.7 Å². The van der Waals surface area contributed by atoms with Crippen molar-refractivity contribution in [2.45, 2.75) is 44.6 Å². The van der Waals surface area contributed by atoms with E-state index in [1.807, 2.05) is 13.0 Å². The molecule has 0 radical (unpaired) electrons. The summed E-state index contributed by atoms with van der Waals surface area (Å²) in [6.07, 6.45) is 6.44. The van der Waals surface area contributed by atoms with E-state index in [2.05, 4.69) is 51.3 Å². The Hall–Kier alpha value is -2.03. The number of nitrogens with one attached hydrogen (secondary N) is 3. The second kappa shape index (κ2) is 11.8. The lowest BCUT2D eigenvalue weighted by Crippen LogP contribution is -2.45. The zero-order valence-electron chi connectivity index (χ0n) is 16.9. The van der Waals surface area contributed by atoms with Crippen molar-refractivity contribution in [1.29, 1.82) is 0 Å². The van der Waals surface area contributed by atoms with Gasteiger partial charge in [0.1, 0.15) is 12.3 Å². The Morgan fingerprint density at radius 2 is 1.83 bits per heavy atom. The summed E-state index contributed by atoms with van der Waals surface area (Å²) < 4.78 is 5.22. The van der Waals surface area contributed by atoms with E-state index in [0.29, 0.717) is 12.5 Å². The highest BCUT2D eigenvalue weighted by molar-refractivity contribution is 14.0. The molecule has 0 spiro atoms. The fourth-order valence-corrected chi connectivity index (χ4v) is 3.81. The van der Waals surface area contributed by atoms with Crippen LogP contribution in [0, 0.1) is 0 Å². The Morgan fingerprint density at radius 3 is 2.48 bits per heavy atom. The summed E-state index contributed by atoms with van der Waals surface area (Å²) >= 11 is 0. The van der Waals surface area contributed by atoms with Crippen molar-refractivity contribution in [3.63, 3.8) is 0 Å². The summed E-state index contributed by atoms with van der Waals surface area (Å²) in [5, 5.41) is 9.53. The molecule has 0 saturated heterocycles. The van der Waals surface area contributed by atoms with Crippen molar-refractivity contribution >= 4 is 35.8 Å². The number of aliphatic imine (C=N–C) groups is 1. The van der Waals surface area contributed by atoms with E-state index in [9.17, 15) is 4.79 Å². The van der Waals surface area contributed by atoms with Gasteiger partial charge in [0.25, 0.3) is 0 Å². The minimum atomic E-state index is -0.132. The minimum absolute atomic E-state index is 0. The molecular weight excluding hydrogens is 479 g/mol. The van der Waals surface area contributed by atoms with Crippen molar-refractivity contribution in [1.82, 2.24) is 16.0 Å². The van der Waals surface area contributed by atoms with E-state index >= 15 is 0 Å². The summed E-state index contributed by atoms with van der Waals surface area (Å²) in [4.78, 5) is 16.5. The number of nitrogens with zero attached hydrogens (tertiary/aromatic N) is 1. The van der Waals surface area contributed by atoms with E-state index in [4.69, 9.17) is 4.42 Å². The number of hydrogen-bond donors (Lipinski definition) is 3. The van der Waals surface area contributed by atoms with Crippen LogP contribution in [0.25, 0.3) is 0 Å². The van der Waals surface area contributed by atoms with Crippen LogP contribution < -0.4 is 16.0 Å². The van der Waals surface area contributed by atoms with Crippen LogP contribution in [0.15, 0.2) is 58.1 Å². The molecule has 1 amide bonds. The maximum Gasteiger partial charge on any atom is 0.242 e. The molecular formula is C22H31IN4O2.